The molecule has 30 heavy (non-hydrogen) atoms. The van der Waals surface area contributed by atoms with E-state index in [1.54, 1.807) is 4.90 Å². The molecule has 0 aromatic heterocycles. The van der Waals surface area contributed by atoms with Gasteiger partial charge in [0.1, 0.15) is 6.04 Å². The predicted molar refractivity (Wildman–Crippen MR) is 123 cm³/mol. The molecule has 0 spiro atoms. The van der Waals surface area contributed by atoms with Crippen LogP contribution in [0, 0.1) is 12.8 Å². The zero-order valence-electron chi connectivity index (χ0n) is 18.5. The van der Waals surface area contributed by atoms with Crippen molar-refractivity contribution >= 4 is 23.4 Å². The molecule has 0 aliphatic heterocycles. The molecule has 4 nitrogen and oxygen atoms in total. The third-order valence-electron chi connectivity index (χ3n) is 5.07. The van der Waals surface area contributed by atoms with E-state index in [0.29, 0.717) is 43.3 Å². The molecule has 0 fully saturated rings. The van der Waals surface area contributed by atoms with E-state index >= 15 is 0 Å². The maximum Gasteiger partial charge on any atom is 0.242 e. The van der Waals surface area contributed by atoms with Crippen molar-refractivity contribution in [1.82, 2.24) is 10.2 Å². The van der Waals surface area contributed by atoms with Gasteiger partial charge in [0, 0.05) is 24.5 Å². The lowest BCUT2D eigenvalue weighted by Crippen LogP contribution is -2.49. The summed E-state index contributed by atoms with van der Waals surface area (Å²) in [5, 5.41) is 3.66. The van der Waals surface area contributed by atoms with E-state index in [9.17, 15) is 9.59 Å². The fourth-order valence-electron chi connectivity index (χ4n) is 3.44. The molecule has 0 saturated heterocycles. The van der Waals surface area contributed by atoms with Gasteiger partial charge in [0.2, 0.25) is 11.8 Å². The average molecular weight is 429 g/mol. The van der Waals surface area contributed by atoms with Gasteiger partial charge in [0.25, 0.3) is 0 Å². The van der Waals surface area contributed by atoms with Gasteiger partial charge in [0.15, 0.2) is 0 Å². The molecule has 2 amide bonds. The highest BCUT2D eigenvalue weighted by Gasteiger charge is 2.28. The summed E-state index contributed by atoms with van der Waals surface area (Å²) in [6, 6.07) is 15.1. The zero-order chi connectivity index (χ0) is 22.1. The molecule has 2 aromatic carbocycles. The summed E-state index contributed by atoms with van der Waals surface area (Å²) in [4.78, 5) is 27.9. The van der Waals surface area contributed by atoms with E-state index in [0.717, 1.165) is 16.7 Å². The van der Waals surface area contributed by atoms with Crippen LogP contribution < -0.4 is 5.32 Å². The van der Waals surface area contributed by atoms with Crippen LogP contribution in [-0.4, -0.2) is 29.3 Å². The molecule has 162 valence electrons. The van der Waals surface area contributed by atoms with Crippen LogP contribution >= 0.6 is 11.6 Å². The van der Waals surface area contributed by atoms with Crippen LogP contribution in [0.5, 0.6) is 0 Å². The fourth-order valence-corrected chi connectivity index (χ4v) is 3.67. The standard InChI is InChI=1S/C25H33ClN2O2/c1-5-23(25(30)27-16-18(2)3)28(17-20-10-8-9-19(4)15-20)24(29)14-13-21-11-6-7-12-22(21)26/h6-12,15,18,23H,5,13-14,16-17H2,1-4H3,(H,27,30)/t23-/m1/s1. The van der Waals surface area contributed by atoms with Crippen molar-refractivity contribution in [2.45, 2.75) is 59.5 Å². The Hall–Kier alpha value is -2.33. The summed E-state index contributed by atoms with van der Waals surface area (Å²) in [5.41, 5.74) is 3.10. The average Bonchev–Trinajstić information content (AvgIpc) is 2.71. The summed E-state index contributed by atoms with van der Waals surface area (Å²) in [7, 11) is 0. The Morgan fingerprint density at radius 2 is 1.83 bits per heavy atom. The Bertz CT molecular complexity index is 851. The van der Waals surface area contributed by atoms with Crippen LogP contribution in [-0.2, 0) is 22.6 Å². The lowest BCUT2D eigenvalue weighted by atomic mass is 10.0. The van der Waals surface area contributed by atoms with Gasteiger partial charge in [-0.3, -0.25) is 9.59 Å². The smallest absolute Gasteiger partial charge is 0.242 e. The number of aryl methyl sites for hydroxylation is 2. The van der Waals surface area contributed by atoms with Gasteiger partial charge in [-0.05, 0) is 42.9 Å². The number of rotatable bonds is 10. The Morgan fingerprint density at radius 1 is 1.10 bits per heavy atom. The van der Waals surface area contributed by atoms with Crippen molar-refractivity contribution in [3.05, 3.63) is 70.2 Å². The maximum absolute atomic E-state index is 13.3. The minimum Gasteiger partial charge on any atom is -0.354 e. The van der Waals surface area contributed by atoms with Gasteiger partial charge in [-0.2, -0.15) is 0 Å². The van der Waals surface area contributed by atoms with Crippen molar-refractivity contribution in [1.29, 1.82) is 0 Å². The highest BCUT2D eigenvalue weighted by Crippen LogP contribution is 2.19. The van der Waals surface area contributed by atoms with Crippen molar-refractivity contribution in [2.24, 2.45) is 5.92 Å². The number of carbonyl (C=O) groups excluding carboxylic acids is 2. The largest absolute Gasteiger partial charge is 0.354 e. The molecular formula is C25H33ClN2O2. The number of halogens is 1. The second-order valence-corrected chi connectivity index (χ2v) is 8.57. The second kappa shape index (κ2) is 11.8. The molecule has 0 saturated carbocycles. The Labute approximate surface area is 185 Å². The Kier molecular flexibility index (Phi) is 9.38. The first-order chi connectivity index (χ1) is 14.3. The summed E-state index contributed by atoms with van der Waals surface area (Å²) in [6.45, 7) is 9.10. The van der Waals surface area contributed by atoms with Gasteiger partial charge < -0.3 is 10.2 Å². The molecule has 2 aromatic rings. The number of carbonyl (C=O) groups is 2. The third-order valence-corrected chi connectivity index (χ3v) is 5.44. The molecule has 0 aliphatic carbocycles. The lowest BCUT2D eigenvalue weighted by molar-refractivity contribution is -0.141. The van der Waals surface area contributed by atoms with Crippen molar-refractivity contribution in [3.8, 4) is 0 Å². The molecule has 0 radical (unpaired) electrons. The van der Waals surface area contributed by atoms with E-state index in [2.05, 4.69) is 25.2 Å². The van der Waals surface area contributed by atoms with Crippen molar-refractivity contribution in [3.63, 3.8) is 0 Å². The molecule has 0 aliphatic rings. The van der Waals surface area contributed by atoms with Crippen LogP contribution in [0.1, 0.15) is 50.3 Å². The fraction of sp³-hybridized carbons (Fsp3) is 0.440. The van der Waals surface area contributed by atoms with Crippen LogP contribution in [0.2, 0.25) is 5.02 Å². The van der Waals surface area contributed by atoms with Gasteiger partial charge in [-0.1, -0.05) is 80.4 Å². The van der Waals surface area contributed by atoms with E-state index in [1.165, 1.54) is 0 Å². The lowest BCUT2D eigenvalue weighted by Gasteiger charge is -2.31. The number of benzene rings is 2. The molecule has 0 unspecified atom stereocenters. The van der Waals surface area contributed by atoms with Gasteiger partial charge in [0.05, 0.1) is 0 Å². The molecule has 2 rings (SSSR count). The highest BCUT2D eigenvalue weighted by molar-refractivity contribution is 6.31. The van der Waals surface area contributed by atoms with Crippen molar-refractivity contribution in [2.75, 3.05) is 6.54 Å². The monoisotopic (exact) mass is 428 g/mol. The number of hydrogen-bond donors (Lipinski definition) is 1. The first-order valence-electron chi connectivity index (χ1n) is 10.7. The van der Waals surface area contributed by atoms with Crippen LogP contribution in [0.15, 0.2) is 48.5 Å². The topological polar surface area (TPSA) is 49.4 Å². The van der Waals surface area contributed by atoms with Crippen molar-refractivity contribution < 1.29 is 9.59 Å². The normalized spacial score (nSPS) is 11.9. The number of hydrogen-bond acceptors (Lipinski definition) is 2. The quantitative estimate of drug-likeness (QED) is 0.568. The van der Waals surface area contributed by atoms with Gasteiger partial charge >= 0.3 is 0 Å². The number of nitrogens with zero attached hydrogens (tertiary/aromatic N) is 1. The SMILES string of the molecule is CC[C@H](C(=O)NCC(C)C)N(Cc1cccc(C)c1)C(=O)CCc1ccccc1Cl. The molecule has 0 heterocycles. The second-order valence-electron chi connectivity index (χ2n) is 8.17. The Morgan fingerprint density at radius 3 is 2.47 bits per heavy atom. The zero-order valence-corrected chi connectivity index (χ0v) is 19.2. The Balaban J connectivity index is 2.21. The summed E-state index contributed by atoms with van der Waals surface area (Å²) < 4.78 is 0. The van der Waals surface area contributed by atoms with Crippen LogP contribution in [0.4, 0.5) is 0 Å². The van der Waals surface area contributed by atoms with Crippen LogP contribution in [0.3, 0.4) is 0 Å². The van der Waals surface area contributed by atoms with Gasteiger partial charge in [-0.25, -0.2) is 0 Å². The first kappa shape index (κ1) is 23.9. The molecule has 1 N–H and O–H groups in total. The van der Waals surface area contributed by atoms with E-state index in [-0.39, 0.29) is 11.8 Å². The minimum atomic E-state index is -0.497. The third kappa shape index (κ3) is 7.17. The molecule has 5 heteroatoms. The molecule has 1 atom stereocenters. The summed E-state index contributed by atoms with van der Waals surface area (Å²) in [5.74, 6) is 0.223. The number of amides is 2. The first-order valence-corrected chi connectivity index (χ1v) is 11.1. The highest BCUT2D eigenvalue weighted by atomic mass is 35.5. The van der Waals surface area contributed by atoms with Crippen LogP contribution in [0.25, 0.3) is 0 Å². The van der Waals surface area contributed by atoms with Gasteiger partial charge in [-0.15, -0.1) is 0 Å². The van der Waals surface area contributed by atoms with E-state index in [4.69, 9.17) is 11.6 Å². The maximum atomic E-state index is 13.3. The molecule has 0 bridgehead atoms. The van der Waals surface area contributed by atoms with E-state index < -0.39 is 6.04 Å². The summed E-state index contributed by atoms with van der Waals surface area (Å²) >= 11 is 6.26. The predicted octanol–water partition coefficient (Wildman–Crippen LogP) is 5.16. The number of nitrogens with one attached hydrogen (secondary N) is 1. The molecular weight excluding hydrogens is 396 g/mol. The summed E-state index contributed by atoms with van der Waals surface area (Å²) in [6.07, 6.45) is 1.42. The van der Waals surface area contributed by atoms with E-state index in [1.807, 2.05) is 56.3 Å². The minimum absolute atomic E-state index is 0.0389.